The summed E-state index contributed by atoms with van der Waals surface area (Å²) in [5.41, 5.74) is 2.15. The highest BCUT2D eigenvalue weighted by molar-refractivity contribution is 5.95. The standard InChI is InChI=1S/C22H30N4O3/c1-16(2)18-4-3-5-19(12-18)26-14-20(27)21(23-26)22(28)25-9-7-24(8-10-25)13-17-6-11-29-15-17/h3-5,12,14,16-17,27H,6-11,13,15H2,1-2H3/t17-/m1/s1. The van der Waals surface area contributed by atoms with Crippen molar-refractivity contribution in [1.82, 2.24) is 19.6 Å². The van der Waals surface area contributed by atoms with Crippen molar-refractivity contribution in [3.63, 3.8) is 0 Å². The van der Waals surface area contributed by atoms with E-state index in [-0.39, 0.29) is 17.4 Å². The first-order valence-corrected chi connectivity index (χ1v) is 10.5. The van der Waals surface area contributed by atoms with Gasteiger partial charge in [0.25, 0.3) is 5.91 Å². The second-order valence-corrected chi connectivity index (χ2v) is 8.38. The van der Waals surface area contributed by atoms with E-state index in [1.54, 1.807) is 9.58 Å². The summed E-state index contributed by atoms with van der Waals surface area (Å²) in [6, 6.07) is 8.01. The number of amides is 1. The van der Waals surface area contributed by atoms with E-state index in [2.05, 4.69) is 29.9 Å². The SMILES string of the molecule is CC(C)c1cccc(-n2cc(O)c(C(=O)N3CCN(C[C@H]4CCOC4)CC3)n2)c1. The lowest BCUT2D eigenvalue weighted by Crippen LogP contribution is -2.49. The lowest BCUT2D eigenvalue weighted by Gasteiger charge is -2.35. The number of piperazine rings is 1. The van der Waals surface area contributed by atoms with Crippen molar-refractivity contribution < 1.29 is 14.6 Å². The molecule has 2 fully saturated rings. The van der Waals surface area contributed by atoms with Gasteiger partial charge in [-0.2, -0.15) is 5.10 Å². The van der Waals surface area contributed by atoms with Gasteiger partial charge in [-0.15, -0.1) is 0 Å². The summed E-state index contributed by atoms with van der Waals surface area (Å²) in [6.07, 6.45) is 2.64. The van der Waals surface area contributed by atoms with E-state index in [9.17, 15) is 9.90 Å². The molecule has 156 valence electrons. The average molecular weight is 399 g/mol. The van der Waals surface area contributed by atoms with E-state index in [0.717, 1.165) is 45.0 Å². The van der Waals surface area contributed by atoms with E-state index in [1.165, 1.54) is 11.8 Å². The smallest absolute Gasteiger partial charge is 0.278 e. The first-order chi connectivity index (χ1) is 14.0. The van der Waals surface area contributed by atoms with E-state index in [0.29, 0.717) is 24.9 Å². The molecule has 1 N–H and O–H groups in total. The van der Waals surface area contributed by atoms with E-state index < -0.39 is 0 Å². The Kier molecular flexibility index (Phi) is 5.87. The molecule has 7 nitrogen and oxygen atoms in total. The molecule has 29 heavy (non-hydrogen) atoms. The van der Waals surface area contributed by atoms with Gasteiger partial charge in [0.2, 0.25) is 0 Å². The molecule has 0 unspecified atom stereocenters. The van der Waals surface area contributed by atoms with E-state index >= 15 is 0 Å². The van der Waals surface area contributed by atoms with Gasteiger partial charge in [-0.05, 0) is 36.0 Å². The van der Waals surface area contributed by atoms with Crippen LogP contribution in [0.2, 0.25) is 0 Å². The van der Waals surface area contributed by atoms with Gasteiger partial charge in [0.05, 0.1) is 18.5 Å². The number of rotatable bonds is 5. The largest absolute Gasteiger partial charge is 0.504 e. The first kappa shape index (κ1) is 19.9. The topological polar surface area (TPSA) is 70.8 Å². The van der Waals surface area contributed by atoms with Crippen LogP contribution in [0.5, 0.6) is 5.75 Å². The van der Waals surface area contributed by atoms with Crippen LogP contribution in [0.3, 0.4) is 0 Å². The molecular weight excluding hydrogens is 368 g/mol. The third-order valence-corrected chi connectivity index (χ3v) is 5.90. The molecule has 0 bridgehead atoms. The number of benzene rings is 1. The van der Waals surface area contributed by atoms with Gasteiger partial charge in [0.15, 0.2) is 11.4 Å². The minimum Gasteiger partial charge on any atom is -0.504 e. The maximum absolute atomic E-state index is 12.9. The number of nitrogens with zero attached hydrogens (tertiary/aromatic N) is 4. The highest BCUT2D eigenvalue weighted by atomic mass is 16.5. The van der Waals surface area contributed by atoms with Crippen LogP contribution in [0.1, 0.15) is 42.2 Å². The van der Waals surface area contributed by atoms with Crippen LogP contribution in [0, 0.1) is 5.92 Å². The number of carbonyl (C=O) groups excluding carboxylic acids is 1. The van der Waals surface area contributed by atoms with Gasteiger partial charge >= 0.3 is 0 Å². The number of aromatic hydroxyl groups is 1. The quantitative estimate of drug-likeness (QED) is 0.838. The van der Waals surface area contributed by atoms with Gasteiger partial charge in [-0.3, -0.25) is 9.69 Å². The van der Waals surface area contributed by atoms with Crippen molar-refractivity contribution in [2.45, 2.75) is 26.2 Å². The fraction of sp³-hybridized carbons (Fsp3) is 0.545. The normalized spacial score (nSPS) is 20.5. The lowest BCUT2D eigenvalue weighted by atomic mass is 10.0. The summed E-state index contributed by atoms with van der Waals surface area (Å²) in [5.74, 6) is 0.728. The van der Waals surface area contributed by atoms with Crippen LogP contribution in [-0.4, -0.2) is 76.5 Å². The Morgan fingerprint density at radius 2 is 2.07 bits per heavy atom. The molecular formula is C22H30N4O3. The minimum atomic E-state index is -0.204. The number of carbonyl (C=O) groups is 1. The third kappa shape index (κ3) is 4.46. The number of aromatic nitrogens is 2. The second kappa shape index (κ2) is 8.55. The van der Waals surface area contributed by atoms with Crippen LogP contribution < -0.4 is 0 Å². The summed E-state index contributed by atoms with van der Waals surface area (Å²) < 4.78 is 7.05. The van der Waals surface area contributed by atoms with Crippen LogP contribution >= 0.6 is 0 Å². The molecule has 2 aromatic rings. The first-order valence-electron chi connectivity index (χ1n) is 10.5. The fourth-order valence-electron chi connectivity index (χ4n) is 4.05. The summed E-state index contributed by atoms with van der Waals surface area (Å²) in [4.78, 5) is 17.1. The van der Waals surface area contributed by atoms with Crippen molar-refractivity contribution in [3.05, 3.63) is 41.7 Å². The second-order valence-electron chi connectivity index (χ2n) is 8.38. The minimum absolute atomic E-state index is 0.0736. The van der Waals surface area contributed by atoms with Crippen molar-refractivity contribution in [2.24, 2.45) is 5.92 Å². The van der Waals surface area contributed by atoms with Crippen molar-refractivity contribution in [1.29, 1.82) is 0 Å². The predicted molar refractivity (Wildman–Crippen MR) is 111 cm³/mol. The number of hydrogen-bond acceptors (Lipinski definition) is 5. The summed E-state index contributed by atoms with van der Waals surface area (Å²) in [5, 5.41) is 14.8. The average Bonchev–Trinajstić information content (AvgIpc) is 3.38. The predicted octanol–water partition coefficient (Wildman–Crippen LogP) is 2.50. The molecule has 0 radical (unpaired) electrons. The molecule has 2 aliphatic heterocycles. The maximum Gasteiger partial charge on any atom is 0.278 e. The van der Waals surface area contributed by atoms with Gasteiger partial charge in [0, 0.05) is 39.3 Å². The van der Waals surface area contributed by atoms with Crippen LogP contribution in [0.25, 0.3) is 5.69 Å². The summed E-state index contributed by atoms with van der Waals surface area (Å²) in [7, 11) is 0. The molecule has 4 rings (SSSR count). The Hall–Kier alpha value is -2.38. The number of ether oxygens (including phenoxy) is 1. The van der Waals surface area contributed by atoms with Gasteiger partial charge in [-0.1, -0.05) is 26.0 Å². The van der Waals surface area contributed by atoms with Gasteiger partial charge in [0.1, 0.15) is 0 Å². The zero-order valence-electron chi connectivity index (χ0n) is 17.3. The monoisotopic (exact) mass is 398 g/mol. The lowest BCUT2D eigenvalue weighted by molar-refractivity contribution is 0.0602. The van der Waals surface area contributed by atoms with Crippen molar-refractivity contribution in [2.75, 3.05) is 45.9 Å². The molecule has 2 saturated heterocycles. The zero-order valence-corrected chi connectivity index (χ0v) is 17.3. The third-order valence-electron chi connectivity index (χ3n) is 5.90. The highest BCUT2D eigenvalue weighted by Gasteiger charge is 2.28. The molecule has 7 heteroatoms. The van der Waals surface area contributed by atoms with Crippen molar-refractivity contribution in [3.8, 4) is 11.4 Å². The maximum atomic E-state index is 12.9. The molecule has 0 aliphatic carbocycles. The van der Waals surface area contributed by atoms with E-state index in [4.69, 9.17) is 4.74 Å². The Balaban J connectivity index is 1.41. The van der Waals surface area contributed by atoms with Crippen molar-refractivity contribution >= 4 is 5.91 Å². The van der Waals surface area contributed by atoms with Gasteiger partial charge in [-0.25, -0.2) is 4.68 Å². The molecule has 2 aliphatic rings. The van der Waals surface area contributed by atoms with E-state index in [1.807, 2.05) is 18.2 Å². The molecule has 0 saturated carbocycles. The molecule has 3 heterocycles. The molecule has 1 aromatic carbocycles. The fourth-order valence-corrected chi connectivity index (χ4v) is 4.05. The van der Waals surface area contributed by atoms with Crippen LogP contribution in [-0.2, 0) is 4.74 Å². The molecule has 0 spiro atoms. The van der Waals surface area contributed by atoms with Gasteiger partial charge < -0.3 is 14.7 Å². The summed E-state index contributed by atoms with van der Waals surface area (Å²) in [6.45, 7) is 10.0. The Bertz CT molecular complexity index is 849. The molecule has 1 amide bonds. The Labute approximate surface area is 171 Å². The Morgan fingerprint density at radius 3 is 2.76 bits per heavy atom. The number of hydrogen-bond donors (Lipinski definition) is 1. The zero-order chi connectivity index (χ0) is 20.4. The molecule has 1 aromatic heterocycles. The Morgan fingerprint density at radius 1 is 1.28 bits per heavy atom. The highest BCUT2D eigenvalue weighted by Crippen LogP contribution is 2.23. The molecule has 1 atom stereocenters. The van der Waals surface area contributed by atoms with Crippen LogP contribution in [0.4, 0.5) is 0 Å². The summed E-state index contributed by atoms with van der Waals surface area (Å²) >= 11 is 0. The van der Waals surface area contributed by atoms with Crippen LogP contribution in [0.15, 0.2) is 30.5 Å².